The zero-order valence-corrected chi connectivity index (χ0v) is 26.2. The number of benzene rings is 2. The van der Waals surface area contributed by atoms with Crippen molar-refractivity contribution in [3.8, 4) is 0 Å². The van der Waals surface area contributed by atoms with Gasteiger partial charge in [-0.25, -0.2) is 0 Å². The molecule has 35 heavy (non-hydrogen) atoms. The second kappa shape index (κ2) is 9.39. The third kappa shape index (κ3) is 6.81. The molecule has 0 bridgehead atoms. The van der Waals surface area contributed by atoms with Crippen LogP contribution in [0.1, 0.15) is 162 Å². The number of hydrogen-bond acceptors (Lipinski definition) is 0. The van der Waals surface area contributed by atoms with Gasteiger partial charge in [-0.05, 0) is 72.4 Å². The molecule has 0 fully saturated rings. The summed E-state index contributed by atoms with van der Waals surface area (Å²) in [7, 11) is 0. The fraction of sp³-hybridized carbons (Fsp3) is 0.657. The Kier molecular flexibility index (Phi) is 7.96. The van der Waals surface area contributed by atoms with Gasteiger partial charge in [0, 0.05) is 5.92 Å². The van der Waals surface area contributed by atoms with Crippen LogP contribution in [0.15, 0.2) is 30.3 Å². The fourth-order valence-electron chi connectivity index (χ4n) is 5.15. The summed E-state index contributed by atoms with van der Waals surface area (Å²) in [5.41, 5.74) is 10.9. The van der Waals surface area contributed by atoms with E-state index in [2.05, 4.69) is 141 Å². The molecular formula is C35H56. The zero-order chi connectivity index (χ0) is 27.4. The molecule has 0 aliphatic carbocycles. The van der Waals surface area contributed by atoms with Crippen molar-refractivity contribution >= 4 is 0 Å². The Labute approximate surface area is 219 Å². The molecule has 1 unspecified atom stereocenters. The van der Waals surface area contributed by atoms with Crippen LogP contribution in [0, 0.1) is 0 Å². The molecule has 0 nitrogen and oxygen atoms in total. The maximum atomic E-state index is 2.56. The summed E-state index contributed by atoms with van der Waals surface area (Å²) in [5, 5.41) is 0. The second-order valence-corrected chi connectivity index (χ2v) is 16.0. The first-order valence-electron chi connectivity index (χ1n) is 13.8. The van der Waals surface area contributed by atoms with Crippen LogP contribution in [0.3, 0.4) is 0 Å². The molecule has 0 aliphatic heterocycles. The van der Waals surface area contributed by atoms with E-state index in [-0.39, 0.29) is 27.1 Å². The highest BCUT2D eigenvalue weighted by atomic mass is 14.4. The van der Waals surface area contributed by atoms with Crippen LogP contribution in [0.4, 0.5) is 0 Å². The van der Waals surface area contributed by atoms with Gasteiger partial charge in [0.1, 0.15) is 0 Å². The van der Waals surface area contributed by atoms with Crippen LogP contribution in [-0.4, -0.2) is 0 Å². The van der Waals surface area contributed by atoms with Crippen LogP contribution in [-0.2, 0) is 27.1 Å². The van der Waals surface area contributed by atoms with E-state index in [0.717, 1.165) is 6.42 Å². The first-order valence-corrected chi connectivity index (χ1v) is 13.8. The molecule has 0 heterocycles. The van der Waals surface area contributed by atoms with E-state index >= 15 is 0 Å². The van der Waals surface area contributed by atoms with Gasteiger partial charge in [-0.2, -0.15) is 0 Å². The Morgan fingerprint density at radius 2 is 0.886 bits per heavy atom. The van der Waals surface area contributed by atoms with Gasteiger partial charge in [-0.15, -0.1) is 0 Å². The van der Waals surface area contributed by atoms with Gasteiger partial charge in [-0.1, -0.05) is 141 Å². The third-order valence-corrected chi connectivity index (χ3v) is 7.47. The minimum Gasteiger partial charge on any atom is -0.0645 e. The summed E-state index contributed by atoms with van der Waals surface area (Å²) in [6.07, 6.45) is 1.09. The predicted molar refractivity (Wildman–Crippen MR) is 159 cm³/mol. The highest BCUT2D eigenvalue weighted by Crippen LogP contribution is 2.45. The number of hydrogen-bond donors (Lipinski definition) is 0. The molecule has 0 N–H and O–H groups in total. The quantitative estimate of drug-likeness (QED) is 0.413. The minimum atomic E-state index is 0.0657. The van der Waals surface area contributed by atoms with Gasteiger partial charge in [0.05, 0.1) is 0 Å². The lowest BCUT2D eigenvalue weighted by atomic mass is 9.67. The first-order chi connectivity index (χ1) is 15.5. The SMILES string of the molecule is CCC(c1cc(C(C)(C)C)cc(C(C)(C)C)c1)c1cc(C(C)(C)C)cc(C(C)(C)C)c1C(C)(C)C. The van der Waals surface area contributed by atoms with Gasteiger partial charge in [0.15, 0.2) is 0 Å². The van der Waals surface area contributed by atoms with Crippen molar-refractivity contribution in [2.75, 3.05) is 0 Å². The van der Waals surface area contributed by atoms with E-state index in [1.165, 1.54) is 33.4 Å². The smallest absolute Gasteiger partial charge is 0.00900 e. The lowest BCUT2D eigenvalue weighted by molar-refractivity contribution is 0.512. The lowest BCUT2D eigenvalue weighted by Gasteiger charge is -2.37. The maximum Gasteiger partial charge on any atom is 0.00900 e. The van der Waals surface area contributed by atoms with E-state index in [1.807, 2.05) is 0 Å². The average molecular weight is 477 g/mol. The topological polar surface area (TPSA) is 0 Å². The monoisotopic (exact) mass is 476 g/mol. The summed E-state index contributed by atoms with van der Waals surface area (Å²) in [5.74, 6) is 0.371. The predicted octanol–water partition coefficient (Wildman–Crippen LogP) is 10.7. The molecule has 0 aliphatic rings. The van der Waals surface area contributed by atoms with Crippen molar-refractivity contribution in [3.05, 3.63) is 69.3 Å². The fourth-order valence-corrected chi connectivity index (χ4v) is 5.15. The molecule has 1 atom stereocenters. The zero-order valence-electron chi connectivity index (χ0n) is 26.2. The summed E-state index contributed by atoms with van der Waals surface area (Å²) in [4.78, 5) is 0. The molecule has 0 aromatic heterocycles. The van der Waals surface area contributed by atoms with Crippen molar-refractivity contribution in [3.63, 3.8) is 0 Å². The Bertz CT molecular complexity index is 996. The summed E-state index contributed by atoms with van der Waals surface area (Å²) in [6, 6.07) is 12.5. The molecule has 2 rings (SSSR count). The highest BCUT2D eigenvalue weighted by Gasteiger charge is 2.33. The molecule has 0 saturated carbocycles. The average Bonchev–Trinajstić information content (AvgIpc) is 2.64. The maximum absolute atomic E-state index is 2.56. The van der Waals surface area contributed by atoms with Gasteiger partial charge < -0.3 is 0 Å². The van der Waals surface area contributed by atoms with Crippen molar-refractivity contribution < 1.29 is 0 Å². The third-order valence-electron chi connectivity index (χ3n) is 7.47. The molecule has 0 spiro atoms. The summed E-state index contributed by atoms with van der Waals surface area (Å²) >= 11 is 0. The molecular weight excluding hydrogens is 420 g/mol. The van der Waals surface area contributed by atoms with E-state index in [9.17, 15) is 0 Å². The van der Waals surface area contributed by atoms with Gasteiger partial charge in [-0.3, -0.25) is 0 Å². The molecule has 0 saturated heterocycles. The Morgan fingerprint density at radius 3 is 1.20 bits per heavy atom. The van der Waals surface area contributed by atoms with Crippen LogP contribution in [0.25, 0.3) is 0 Å². The Morgan fingerprint density at radius 1 is 0.486 bits per heavy atom. The van der Waals surface area contributed by atoms with Crippen LogP contribution < -0.4 is 0 Å². The van der Waals surface area contributed by atoms with E-state index < -0.39 is 0 Å². The van der Waals surface area contributed by atoms with Crippen LogP contribution in [0.2, 0.25) is 0 Å². The van der Waals surface area contributed by atoms with Crippen molar-refractivity contribution in [2.45, 2.75) is 150 Å². The van der Waals surface area contributed by atoms with Gasteiger partial charge in [0.25, 0.3) is 0 Å². The van der Waals surface area contributed by atoms with E-state index in [0.29, 0.717) is 5.92 Å². The van der Waals surface area contributed by atoms with Crippen LogP contribution in [0.5, 0.6) is 0 Å². The molecule has 2 aromatic carbocycles. The Hall–Kier alpha value is -1.56. The molecule has 0 amide bonds. The second-order valence-electron chi connectivity index (χ2n) is 16.0. The molecule has 0 radical (unpaired) electrons. The van der Waals surface area contributed by atoms with Gasteiger partial charge in [0.2, 0.25) is 0 Å². The Balaban J connectivity index is 3.05. The van der Waals surface area contributed by atoms with E-state index in [1.54, 1.807) is 5.56 Å². The summed E-state index contributed by atoms with van der Waals surface area (Å²) < 4.78 is 0. The minimum absolute atomic E-state index is 0.0657. The number of rotatable bonds is 3. The molecule has 0 heteroatoms. The van der Waals surface area contributed by atoms with Gasteiger partial charge >= 0.3 is 0 Å². The molecule has 196 valence electrons. The van der Waals surface area contributed by atoms with Crippen molar-refractivity contribution in [1.29, 1.82) is 0 Å². The normalized spacial score (nSPS) is 14.9. The first kappa shape index (κ1) is 29.7. The molecule has 2 aromatic rings. The lowest BCUT2D eigenvalue weighted by Crippen LogP contribution is -2.27. The van der Waals surface area contributed by atoms with Crippen molar-refractivity contribution in [2.24, 2.45) is 0 Å². The van der Waals surface area contributed by atoms with Crippen molar-refractivity contribution in [1.82, 2.24) is 0 Å². The largest absolute Gasteiger partial charge is 0.0645 e. The van der Waals surface area contributed by atoms with E-state index in [4.69, 9.17) is 0 Å². The van der Waals surface area contributed by atoms with Crippen LogP contribution >= 0.6 is 0 Å². The standard InChI is InChI=1S/C35H56/c1-17-27(23-18-24(31(2,3)4)20-25(19-23)32(5,6)7)28-21-26(33(8,9)10)22-29(34(11,12)13)30(28)35(14,15)16/h18-22,27H,17H2,1-16H3. The highest BCUT2D eigenvalue weighted by molar-refractivity contribution is 5.53. The summed E-state index contributed by atoms with van der Waals surface area (Å²) in [6.45, 7) is 37.9.